The molecule has 0 heterocycles. The molecule has 2 atom stereocenters. The molecule has 1 rings (SSSR count). The monoisotopic (exact) mass is 171 g/mol. The first-order valence-electron chi connectivity index (χ1n) is 5.05. The van der Waals surface area contributed by atoms with Crippen molar-refractivity contribution in [1.82, 2.24) is 0 Å². The largest absolute Gasteiger partial charge is 0.393 e. The number of nitrogens with two attached hydrogens (primary N) is 1. The Morgan fingerprint density at radius 2 is 1.50 bits per heavy atom. The lowest BCUT2D eigenvalue weighted by molar-refractivity contribution is 0.0854. The van der Waals surface area contributed by atoms with E-state index in [0.717, 1.165) is 12.8 Å². The third-order valence-corrected chi connectivity index (χ3v) is 3.24. The van der Waals surface area contributed by atoms with Gasteiger partial charge >= 0.3 is 0 Å². The molecule has 0 aromatic heterocycles. The van der Waals surface area contributed by atoms with Gasteiger partial charge in [-0.3, -0.25) is 0 Å². The van der Waals surface area contributed by atoms with Crippen LogP contribution in [0.15, 0.2) is 0 Å². The Hall–Kier alpha value is -0.0800. The van der Waals surface area contributed by atoms with E-state index in [0.29, 0.717) is 17.9 Å². The fourth-order valence-corrected chi connectivity index (χ4v) is 2.15. The number of aliphatic hydroxyl groups excluding tert-OH is 1. The van der Waals surface area contributed by atoms with Gasteiger partial charge in [0.2, 0.25) is 0 Å². The Bertz CT molecular complexity index is 110. The summed E-state index contributed by atoms with van der Waals surface area (Å²) in [5, 5.41) is 9.37. The molecular formula is C10H21NO. The molecule has 3 N–H and O–H groups in total. The van der Waals surface area contributed by atoms with Crippen LogP contribution in [0.5, 0.6) is 0 Å². The molecule has 1 saturated carbocycles. The van der Waals surface area contributed by atoms with Crippen LogP contribution in [0, 0.1) is 11.8 Å². The minimum atomic E-state index is -0.126. The Labute approximate surface area is 75.2 Å². The maximum absolute atomic E-state index is 9.37. The SMILES string of the molecule is CC(N)C1CCC(C(C)O)CC1. The third-order valence-electron chi connectivity index (χ3n) is 3.24. The van der Waals surface area contributed by atoms with Crippen LogP contribution >= 0.6 is 0 Å². The van der Waals surface area contributed by atoms with E-state index < -0.39 is 0 Å². The quantitative estimate of drug-likeness (QED) is 0.661. The van der Waals surface area contributed by atoms with E-state index in [1.165, 1.54) is 12.8 Å². The average molecular weight is 171 g/mol. The predicted molar refractivity (Wildman–Crippen MR) is 50.8 cm³/mol. The molecule has 2 heteroatoms. The summed E-state index contributed by atoms with van der Waals surface area (Å²) in [5.74, 6) is 1.22. The molecule has 0 saturated heterocycles. The van der Waals surface area contributed by atoms with E-state index in [-0.39, 0.29) is 6.10 Å². The second-order valence-electron chi connectivity index (χ2n) is 4.27. The molecule has 0 aromatic carbocycles. The van der Waals surface area contributed by atoms with Gasteiger partial charge in [0.1, 0.15) is 0 Å². The second-order valence-corrected chi connectivity index (χ2v) is 4.27. The average Bonchev–Trinajstić information content (AvgIpc) is 2.04. The normalized spacial score (nSPS) is 36.0. The van der Waals surface area contributed by atoms with E-state index in [1.807, 2.05) is 6.92 Å². The first-order valence-corrected chi connectivity index (χ1v) is 5.05. The maximum atomic E-state index is 9.37. The van der Waals surface area contributed by atoms with E-state index in [9.17, 15) is 5.11 Å². The zero-order valence-corrected chi connectivity index (χ0v) is 8.16. The second kappa shape index (κ2) is 4.24. The summed E-state index contributed by atoms with van der Waals surface area (Å²) in [5.41, 5.74) is 5.83. The zero-order chi connectivity index (χ0) is 9.14. The molecule has 0 aromatic rings. The minimum Gasteiger partial charge on any atom is -0.393 e. The molecule has 0 spiro atoms. The molecule has 2 nitrogen and oxygen atoms in total. The Morgan fingerprint density at radius 1 is 1.08 bits per heavy atom. The summed E-state index contributed by atoms with van der Waals surface area (Å²) in [7, 11) is 0. The van der Waals surface area contributed by atoms with Gasteiger partial charge in [-0.2, -0.15) is 0 Å². The molecule has 0 radical (unpaired) electrons. The summed E-state index contributed by atoms with van der Waals surface area (Å²) in [6.45, 7) is 3.99. The van der Waals surface area contributed by atoms with Crippen LogP contribution in [0.1, 0.15) is 39.5 Å². The zero-order valence-electron chi connectivity index (χ0n) is 8.16. The fraction of sp³-hybridized carbons (Fsp3) is 1.00. The van der Waals surface area contributed by atoms with E-state index >= 15 is 0 Å². The molecule has 72 valence electrons. The van der Waals surface area contributed by atoms with Gasteiger partial charge in [-0.25, -0.2) is 0 Å². The van der Waals surface area contributed by atoms with E-state index in [4.69, 9.17) is 5.73 Å². The van der Waals surface area contributed by atoms with Crippen LogP contribution in [0.2, 0.25) is 0 Å². The molecule has 0 bridgehead atoms. The van der Waals surface area contributed by atoms with Crippen molar-refractivity contribution in [2.45, 2.75) is 51.7 Å². The van der Waals surface area contributed by atoms with Crippen molar-refractivity contribution in [3.05, 3.63) is 0 Å². The van der Waals surface area contributed by atoms with Crippen molar-refractivity contribution >= 4 is 0 Å². The summed E-state index contributed by atoms with van der Waals surface area (Å²) in [6, 6.07) is 0.333. The van der Waals surface area contributed by atoms with Crippen molar-refractivity contribution in [2.75, 3.05) is 0 Å². The molecule has 1 aliphatic carbocycles. The Morgan fingerprint density at radius 3 is 1.83 bits per heavy atom. The Balaban J connectivity index is 2.30. The van der Waals surface area contributed by atoms with Gasteiger partial charge in [0.05, 0.1) is 6.10 Å². The maximum Gasteiger partial charge on any atom is 0.0540 e. The lowest BCUT2D eigenvalue weighted by atomic mass is 9.77. The van der Waals surface area contributed by atoms with Gasteiger partial charge in [0.15, 0.2) is 0 Å². The van der Waals surface area contributed by atoms with Crippen molar-refractivity contribution in [2.24, 2.45) is 17.6 Å². The van der Waals surface area contributed by atoms with Gasteiger partial charge in [-0.15, -0.1) is 0 Å². The van der Waals surface area contributed by atoms with Crippen molar-refractivity contribution in [1.29, 1.82) is 0 Å². The van der Waals surface area contributed by atoms with Crippen molar-refractivity contribution in [3.8, 4) is 0 Å². The highest BCUT2D eigenvalue weighted by Crippen LogP contribution is 2.31. The van der Waals surface area contributed by atoms with Gasteiger partial charge < -0.3 is 10.8 Å². The van der Waals surface area contributed by atoms with Gasteiger partial charge in [0, 0.05) is 6.04 Å². The van der Waals surface area contributed by atoms with Crippen LogP contribution in [-0.4, -0.2) is 17.3 Å². The first-order chi connectivity index (χ1) is 5.61. The number of hydrogen-bond donors (Lipinski definition) is 2. The van der Waals surface area contributed by atoms with Gasteiger partial charge in [0.25, 0.3) is 0 Å². The number of aliphatic hydroxyl groups is 1. The molecule has 0 aliphatic heterocycles. The van der Waals surface area contributed by atoms with Crippen LogP contribution in [0.3, 0.4) is 0 Å². The summed E-state index contributed by atoms with van der Waals surface area (Å²) in [6.07, 6.45) is 4.59. The van der Waals surface area contributed by atoms with Gasteiger partial charge in [-0.1, -0.05) is 0 Å². The van der Waals surface area contributed by atoms with Crippen LogP contribution in [-0.2, 0) is 0 Å². The molecular weight excluding hydrogens is 150 g/mol. The molecule has 2 unspecified atom stereocenters. The van der Waals surface area contributed by atoms with Crippen LogP contribution in [0.25, 0.3) is 0 Å². The lowest BCUT2D eigenvalue weighted by Gasteiger charge is -2.31. The smallest absolute Gasteiger partial charge is 0.0540 e. The topological polar surface area (TPSA) is 46.2 Å². The number of hydrogen-bond acceptors (Lipinski definition) is 2. The molecule has 0 amide bonds. The van der Waals surface area contributed by atoms with Crippen LogP contribution < -0.4 is 5.73 Å². The molecule has 1 aliphatic rings. The van der Waals surface area contributed by atoms with E-state index in [1.54, 1.807) is 0 Å². The van der Waals surface area contributed by atoms with Crippen LogP contribution in [0.4, 0.5) is 0 Å². The lowest BCUT2D eigenvalue weighted by Crippen LogP contribution is -2.32. The minimum absolute atomic E-state index is 0.126. The van der Waals surface area contributed by atoms with E-state index in [2.05, 4.69) is 6.92 Å². The molecule has 1 fully saturated rings. The summed E-state index contributed by atoms with van der Waals surface area (Å²) < 4.78 is 0. The fourth-order valence-electron chi connectivity index (χ4n) is 2.15. The first kappa shape index (κ1) is 10.0. The standard InChI is InChI=1S/C10H21NO/c1-7(11)9-3-5-10(6-4-9)8(2)12/h7-10,12H,3-6,11H2,1-2H3. The Kier molecular flexibility index (Phi) is 3.53. The highest BCUT2D eigenvalue weighted by molar-refractivity contribution is 4.79. The van der Waals surface area contributed by atoms with Gasteiger partial charge in [-0.05, 0) is 51.4 Å². The van der Waals surface area contributed by atoms with Crippen molar-refractivity contribution in [3.63, 3.8) is 0 Å². The van der Waals surface area contributed by atoms with Crippen molar-refractivity contribution < 1.29 is 5.11 Å². The highest BCUT2D eigenvalue weighted by Gasteiger charge is 2.25. The number of rotatable bonds is 2. The predicted octanol–water partition coefficient (Wildman–Crippen LogP) is 1.52. The molecule has 12 heavy (non-hydrogen) atoms. The highest BCUT2D eigenvalue weighted by atomic mass is 16.3. The third kappa shape index (κ3) is 2.46. The summed E-state index contributed by atoms with van der Waals surface area (Å²) >= 11 is 0. The summed E-state index contributed by atoms with van der Waals surface area (Å²) in [4.78, 5) is 0.